The highest BCUT2D eigenvalue weighted by atomic mass is 14.1. The molecule has 0 heterocycles. The minimum absolute atomic E-state index is 0.583. The maximum absolute atomic E-state index is 2.30. The van der Waals surface area contributed by atoms with Crippen LogP contribution in [0.4, 0.5) is 0 Å². The van der Waals surface area contributed by atoms with Crippen LogP contribution in [0, 0.1) is 5.41 Å². The van der Waals surface area contributed by atoms with Crippen molar-refractivity contribution in [3.63, 3.8) is 0 Å². The van der Waals surface area contributed by atoms with E-state index in [4.69, 9.17) is 0 Å². The van der Waals surface area contributed by atoms with Crippen molar-refractivity contribution in [2.24, 2.45) is 5.41 Å². The van der Waals surface area contributed by atoms with Crippen molar-refractivity contribution in [2.75, 3.05) is 0 Å². The third-order valence-corrected chi connectivity index (χ3v) is 2.62. The Labute approximate surface area is 93.5 Å². The zero-order valence-electron chi connectivity index (χ0n) is 12.0. The van der Waals surface area contributed by atoms with Crippen molar-refractivity contribution in [1.29, 1.82) is 0 Å². The SMILES string of the molecule is CC.CCC(C)(C)CC.CCCCC. The van der Waals surface area contributed by atoms with Gasteiger partial charge in [0.15, 0.2) is 0 Å². The van der Waals surface area contributed by atoms with E-state index in [0.29, 0.717) is 5.41 Å². The second-order valence-electron chi connectivity index (χ2n) is 4.22. The highest BCUT2D eigenvalue weighted by Crippen LogP contribution is 2.22. The molecule has 0 amide bonds. The predicted molar refractivity (Wildman–Crippen MR) is 70.9 cm³/mol. The molecule has 0 aliphatic carbocycles. The first-order valence-electron chi connectivity index (χ1n) is 6.54. The van der Waals surface area contributed by atoms with Gasteiger partial charge < -0.3 is 0 Å². The molecule has 0 fully saturated rings. The van der Waals surface area contributed by atoms with Gasteiger partial charge in [-0.05, 0) is 5.41 Å². The normalized spacial score (nSPS) is 9.43. The van der Waals surface area contributed by atoms with Crippen molar-refractivity contribution in [3.8, 4) is 0 Å². The Balaban J connectivity index is -0.000000152. The van der Waals surface area contributed by atoms with Crippen molar-refractivity contribution >= 4 is 0 Å². The Kier molecular flexibility index (Phi) is 21.6. The van der Waals surface area contributed by atoms with E-state index in [9.17, 15) is 0 Å². The Morgan fingerprint density at radius 3 is 1.00 bits per heavy atom. The smallest absolute Gasteiger partial charge is 0.0359 e. The fourth-order valence-electron chi connectivity index (χ4n) is 0.604. The summed E-state index contributed by atoms with van der Waals surface area (Å²) in [6.07, 6.45) is 6.67. The van der Waals surface area contributed by atoms with Crippen LogP contribution in [0.3, 0.4) is 0 Å². The van der Waals surface area contributed by atoms with E-state index in [-0.39, 0.29) is 0 Å². The van der Waals surface area contributed by atoms with Crippen LogP contribution in [0.5, 0.6) is 0 Å². The third kappa shape index (κ3) is 22.7. The summed E-state index contributed by atoms with van der Waals surface area (Å²) in [7, 11) is 0. The lowest BCUT2D eigenvalue weighted by atomic mass is 9.88. The van der Waals surface area contributed by atoms with E-state index in [0.717, 1.165) is 0 Å². The highest BCUT2D eigenvalue weighted by Gasteiger charge is 2.09. The summed E-state index contributed by atoms with van der Waals surface area (Å²) >= 11 is 0. The van der Waals surface area contributed by atoms with Gasteiger partial charge in [-0.2, -0.15) is 0 Å². The highest BCUT2D eigenvalue weighted by molar-refractivity contribution is 4.61. The first kappa shape index (κ1) is 19.6. The molecule has 0 spiro atoms. The molecule has 0 aromatic carbocycles. The van der Waals surface area contributed by atoms with Crippen LogP contribution < -0.4 is 0 Å². The molecule has 0 aliphatic rings. The molecular weight excluding hydrogens is 168 g/mol. The predicted octanol–water partition coefficient (Wildman–Crippen LogP) is 6.06. The Bertz CT molecular complexity index is 64.1. The fraction of sp³-hybridized carbons (Fsp3) is 1.00. The van der Waals surface area contributed by atoms with Crippen LogP contribution in [0.2, 0.25) is 0 Å². The topological polar surface area (TPSA) is 0 Å². The average molecular weight is 202 g/mol. The van der Waals surface area contributed by atoms with Crippen molar-refractivity contribution in [2.45, 2.75) is 87.5 Å². The summed E-state index contributed by atoms with van der Waals surface area (Å²) in [6.45, 7) is 17.5. The molecule has 0 heteroatoms. The molecule has 0 aliphatic heterocycles. The molecule has 0 atom stereocenters. The zero-order chi connectivity index (χ0) is 12.0. The van der Waals surface area contributed by atoms with Crippen LogP contribution in [0.1, 0.15) is 87.5 Å². The molecule has 0 saturated carbocycles. The largest absolute Gasteiger partial charge is 0.0683 e. The Hall–Kier alpha value is 0. The van der Waals surface area contributed by atoms with E-state index in [2.05, 4.69) is 41.5 Å². The number of unbranched alkanes of at least 4 members (excludes halogenated alkanes) is 2. The van der Waals surface area contributed by atoms with Gasteiger partial charge in [0, 0.05) is 0 Å². The molecule has 0 aromatic rings. The van der Waals surface area contributed by atoms with Gasteiger partial charge in [0.05, 0.1) is 0 Å². The first-order chi connectivity index (χ1) is 6.54. The molecular formula is C14H34. The van der Waals surface area contributed by atoms with Gasteiger partial charge in [0.25, 0.3) is 0 Å². The van der Waals surface area contributed by atoms with Crippen molar-refractivity contribution in [3.05, 3.63) is 0 Å². The Morgan fingerprint density at radius 1 is 0.714 bits per heavy atom. The molecule has 0 unspecified atom stereocenters. The second-order valence-corrected chi connectivity index (χ2v) is 4.22. The minimum Gasteiger partial charge on any atom is -0.0683 e. The van der Waals surface area contributed by atoms with Gasteiger partial charge in [-0.25, -0.2) is 0 Å². The lowest BCUT2D eigenvalue weighted by Crippen LogP contribution is -2.05. The van der Waals surface area contributed by atoms with Gasteiger partial charge in [-0.15, -0.1) is 0 Å². The molecule has 0 N–H and O–H groups in total. The molecule has 0 aromatic heterocycles. The van der Waals surface area contributed by atoms with E-state index in [1.54, 1.807) is 0 Å². The van der Waals surface area contributed by atoms with E-state index in [1.165, 1.54) is 32.1 Å². The summed E-state index contributed by atoms with van der Waals surface area (Å²) in [6, 6.07) is 0. The molecule has 0 bridgehead atoms. The van der Waals surface area contributed by atoms with Crippen molar-refractivity contribution < 1.29 is 0 Å². The van der Waals surface area contributed by atoms with Crippen molar-refractivity contribution in [1.82, 2.24) is 0 Å². The summed E-state index contributed by atoms with van der Waals surface area (Å²) in [4.78, 5) is 0. The van der Waals surface area contributed by atoms with Crippen LogP contribution in [0.15, 0.2) is 0 Å². The first-order valence-corrected chi connectivity index (χ1v) is 6.54. The lowest BCUT2D eigenvalue weighted by Gasteiger charge is -2.18. The second kappa shape index (κ2) is 15.5. The van der Waals surface area contributed by atoms with Gasteiger partial charge in [0.2, 0.25) is 0 Å². The van der Waals surface area contributed by atoms with Gasteiger partial charge in [-0.3, -0.25) is 0 Å². The standard InChI is InChI=1S/C7H16.C5H12.C2H6/c1-5-7(3,4)6-2;1-3-5-4-2;1-2/h5-6H2,1-4H3;3-5H2,1-2H3;1-2H3. The van der Waals surface area contributed by atoms with Gasteiger partial charge in [0.1, 0.15) is 0 Å². The number of hydrogen-bond acceptors (Lipinski definition) is 0. The monoisotopic (exact) mass is 202 g/mol. The van der Waals surface area contributed by atoms with Crippen LogP contribution >= 0.6 is 0 Å². The fourth-order valence-corrected chi connectivity index (χ4v) is 0.604. The molecule has 90 valence electrons. The number of rotatable bonds is 4. The third-order valence-electron chi connectivity index (χ3n) is 2.62. The van der Waals surface area contributed by atoms with E-state index in [1.807, 2.05) is 13.8 Å². The van der Waals surface area contributed by atoms with E-state index < -0.39 is 0 Å². The summed E-state index contributed by atoms with van der Waals surface area (Å²) < 4.78 is 0. The van der Waals surface area contributed by atoms with E-state index >= 15 is 0 Å². The van der Waals surface area contributed by atoms with Gasteiger partial charge in [-0.1, -0.05) is 87.5 Å². The van der Waals surface area contributed by atoms with Gasteiger partial charge >= 0.3 is 0 Å². The quantitative estimate of drug-likeness (QED) is 0.520. The molecule has 14 heavy (non-hydrogen) atoms. The molecule has 0 rings (SSSR count). The maximum atomic E-state index is 2.30. The lowest BCUT2D eigenvalue weighted by molar-refractivity contribution is 0.338. The summed E-state index contributed by atoms with van der Waals surface area (Å²) in [5, 5.41) is 0. The van der Waals surface area contributed by atoms with Crippen LogP contribution in [-0.4, -0.2) is 0 Å². The summed E-state index contributed by atoms with van der Waals surface area (Å²) in [5.74, 6) is 0. The van der Waals surface area contributed by atoms with Crippen LogP contribution in [0.25, 0.3) is 0 Å². The molecule has 0 radical (unpaired) electrons. The zero-order valence-corrected chi connectivity index (χ0v) is 12.0. The molecule has 0 nitrogen and oxygen atoms in total. The van der Waals surface area contributed by atoms with Crippen LogP contribution in [-0.2, 0) is 0 Å². The summed E-state index contributed by atoms with van der Waals surface area (Å²) in [5.41, 5.74) is 0.583. The maximum Gasteiger partial charge on any atom is -0.0359 e. The molecule has 0 saturated heterocycles. The Morgan fingerprint density at radius 2 is 1.00 bits per heavy atom. The average Bonchev–Trinajstić information content (AvgIpc) is 2.23. The number of hydrogen-bond donors (Lipinski definition) is 0. The minimum atomic E-state index is 0.583.